The minimum Gasteiger partial charge on any atom is -0.395 e. The van der Waals surface area contributed by atoms with Crippen molar-refractivity contribution in [2.75, 3.05) is 57.3 Å². The fourth-order valence-corrected chi connectivity index (χ4v) is 4.83. The zero-order valence-electron chi connectivity index (χ0n) is 21.2. The predicted molar refractivity (Wildman–Crippen MR) is 140 cm³/mol. The van der Waals surface area contributed by atoms with E-state index < -0.39 is 0 Å². The van der Waals surface area contributed by atoms with Crippen LogP contribution in [0.3, 0.4) is 0 Å². The van der Waals surface area contributed by atoms with Gasteiger partial charge in [0.25, 0.3) is 0 Å². The third-order valence-electron chi connectivity index (χ3n) is 7.00. The van der Waals surface area contributed by atoms with Crippen LogP contribution in [-0.2, 0) is 11.8 Å². The highest BCUT2D eigenvalue weighted by Gasteiger charge is 2.24. The average molecular weight is 453 g/mol. The molecule has 33 heavy (non-hydrogen) atoms. The van der Waals surface area contributed by atoms with Crippen molar-refractivity contribution >= 4 is 5.82 Å². The van der Waals surface area contributed by atoms with Crippen LogP contribution in [0.15, 0.2) is 36.4 Å². The van der Waals surface area contributed by atoms with E-state index >= 15 is 0 Å². The number of anilines is 1. The fourth-order valence-electron chi connectivity index (χ4n) is 4.83. The molecule has 1 fully saturated rings. The highest BCUT2D eigenvalue weighted by Crippen LogP contribution is 2.35. The second kappa shape index (κ2) is 12.5. The van der Waals surface area contributed by atoms with Crippen LogP contribution in [0.4, 0.5) is 5.82 Å². The molecule has 1 aromatic carbocycles. The fraction of sp³-hybridized carbons (Fsp3) is 0.607. The molecule has 0 radical (unpaired) electrons. The number of aliphatic hydroxyl groups excluding tert-OH is 1. The standard InChI is InChI=1S/C28H44N4O/c1-5-7-13-28(3,4)25-22-24(12-11-23(25)6-2)26-9-8-10-27(30-26)32-19-17-31(18-20-32)16-14-29-15-21-33/h8-12,22,29,33H,5-7,13-21H2,1-4H3. The van der Waals surface area contributed by atoms with Crippen molar-refractivity contribution in [1.82, 2.24) is 15.2 Å². The molecule has 2 heterocycles. The smallest absolute Gasteiger partial charge is 0.129 e. The summed E-state index contributed by atoms with van der Waals surface area (Å²) in [4.78, 5) is 9.98. The first-order valence-corrected chi connectivity index (χ1v) is 12.9. The lowest BCUT2D eigenvalue weighted by Crippen LogP contribution is -2.48. The van der Waals surface area contributed by atoms with Crippen molar-refractivity contribution < 1.29 is 5.11 Å². The van der Waals surface area contributed by atoms with Crippen molar-refractivity contribution in [3.05, 3.63) is 47.5 Å². The molecule has 1 aromatic heterocycles. The lowest BCUT2D eigenvalue weighted by Gasteiger charge is -2.35. The SMILES string of the molecule is CCCCC(C)(C)c1cc(-c2cccc(N3CCN(CCNCCO)CC3)n2)ccc1CC. The number of hydrogen-bond acceptors (Lipinski definition) is 5. The third kappa shape index (κ3) is 7.02. The molecule has 182 valence electrons. The largest absolute Gasteiger partial charge is 0.395 e. The molecule has 1 saturated heterocycles. The van der Waals surface area contributed by atoms with Crippen molar-refractivity contribution in [2.45, 2.75) is 58.8 Å². The number of hydrogen-bond donors (Lipinski definition) is 2. The predicted octanol–water partition coefficient (Wildman–Crippen LogP) is 4.48. The number of nitrogens with one attached hydrogen (secondary N) is 1. The van der Waals surface area contributed by atoms with Crippen LogP contribution in [-0.4, -0.2) is 67.4 Å². The van der Waals surface area contributed by atoms with Crippen LogP contribution in [0.5, 0.6) is 0 Å². The number of rotatable bonds is 12. The number of piperazine rings is 1. The molecule has 0 amide bonds. The summed E-state index contributed by atoms with van der Waals surface area (Å²) in [6, 6.07) is 13.4. The summed E-state index contributed by atoms with van der Waals surface area (Å²) in [5, 5.41) is 12.2. The molecule has 0 aliphatic carbocycles. The van der Waals surface area contributed by atoms with E-state index in [0.717, 1.165) is 57.2 Å². The van der Waals surface area contributed by atoms with Gasteiger partial charge in [-0.1, -0.05) is 58.7 Å². The topological polar surface area (TPSA) is 51.6 Å². The molecule has 1 aliphatic rings. The van der Waals surface area contributed by atoms with Crippen LogP contribution in [0.1, 0.15) is 58.1 Å². The Balaban J connectivity index is 1.71. The van der Waals surface area contributed by atoms with Crippen molar-refractivity contribution in [1.29, 1.82) is 0 Å². The quantitative estimate of drug-likeness (QED) is 0.465. The molecular formula is C28H44N4O. The molecule has 0 unspecified atom stereocenters. The Morgan fingerprint density at radius 3 is 2.52 bits per heavy atom. The normalized spacial score (nSPS) is 15.2. The zero-order valence-corrected chi connectivity index (χ0v) is 21.2. The number of unbranched alkanes of at least 4 members (excludes halogenated alkanes) is 1. The van der Waals surface area contributed by atoms with E-state index in [1.165, 1.54) is 36.0 Å². The summed E-state index contributed by atoms with van der Waals surface area (Å²) in [5.74, 6) is 1.08. The summed E-state index contributed by atoms with van der Waals surface area (Å²) in [6.07, 6.45) is 4.78. The second-order valence-electron chi connectivity index (χ2n) is 9.90. The van der Waals surface area contributed by atoms with Crippen LogP contribution in [0, 0.1) is 0 Å². The summed E-state index contributed by atoms with van der Waals surface area (Å²) in [7, 11) is 0. The monoisotopic (exact) mass is 452 g/mol. The third-order valence-corrected chi connectivity index (χ3v) is 7.00. The molecule has 2 N–H and O–H groups in total. The van der Waals surface area contributed by atoms with Gasteiger partial charge in [0.2, 0.25) is 0 Å². The molecule has 5 heteroatoms. The molecule has 1 aliphatic heterocycles. The van der Waals surface area contributed by atoms with E-state index in [9.17, 15) is 0 Å². The molecule has 0 spiro atoms. The lowest BCUT2D eigenvalue weighted by atomic mass is 9.76. The van der Waals surface area contributed by atoms with Crippen molar-refractivity contribution in [2.24, 2.45) is 0 Å². The maximum absolute atomic E-state index is 8.89. The Labute approximate surface area is 201 Å². The van der Waals surface area contributed by atoms with Crippen LogP contribution in [0.25, 0.3) is 11.3 Å². The van der Waals surface area contributed by atoms with E-state index in [1.807, 2.05) is 0 Å². The minimum atomic E-state index is 0.178. The van der Waals surface area contributed by atoms with Gasteiger partial charge in [0.1, 0.15) is 5.82 Å². The van der Waals surface area contributed by atoms with Gasteiger partial charge in [-0.2, -0.15) is 0 Å². The van der Waals surface area contributed by atoms with E-state index in [-0.39, 0.29) is 12.0 Å². The molecule has 0 atom stereocenters. The maximum atomic E-state index is 8.89. The highest BCUT2D eigenvalue weighted by molar-refractivity contribution is 5.64. The average Bonchev–Trinajstić information content (AvgIpc) is 2.85. The maximum Gasteiger partial charge on any atom is 0.129 e. The van der Waals surface area contributed by atoms with Crippen molar-refractivity contribution in [3.63, 3.8) is 0 Å². The Hall–Kier alpha value is -1.95. The highest BCUT2D eigenvalue weighted by atomic mass is 16.3. The van der Waals surface area contributed by atoms with Gasteiger partial charge in [-0.15, -0.1) is 0 Å². The minimum absolute atomic E-state index is 0.178. The summed E-state index contributed by atoms with van der Waals surface area (Å²) >= 11 is 0. The molecule has 5 nitrogen and oxygen atoms in total. The number of benzene rings is 1. The van der Waals surface area contributed by atoms with Gasteiger partial charge in [-0.25, -0.2) is 4.98 Å². The zero-order chi connectivity index (χ0) is 23.7. The van der Waals surface area contributed by atoms with Crippen molar-refractivity contribution in [3.8, 4) is 11.3 Å². The van der Waals surface area contributed by atoms with Crippen LogP contribution < -0.4 is 10.2 Å². The number of aromatic nitrogens is 1. The van der Waals surface area contributed by atoms with Gasteiger partial charge in [0, 0.05) is 51.4 Å². The Morgan fingerprint density at radius 1 is 1.03 bits per heavy atom. The molecule has 0 saturated carbocycles. The first-order chi connectivity index (χ1) is 16.0. The van der Waals surface area contributed by atoms with Gasteiger partial charge < -0.3 is 15.3 Å². The Bertz CT molecular complexity index is 859. The lowest BCUT2D eigenvalue weighted by molar-refractivity contribution is 0.248. The van der Waals surface area contributed by atoms with Gasteiger partial charge >= 0.3 is 0 Å². The van der Waals surface area contributed by atoms with Crippen LogP contribution >= 0.6 is 0 Å². The van der Waals surface area contributed by atoms with Gasteiger partial charge in [0.15, 0.2) is 0 Å². The van der Waals surface area contributed by atoms with Crippen LogP contribution in [0.2, 0.25) is 0 Å². The molecular weight excluding hydrogens is 408 g/mol. The number of pyridine rings is 1. The number of aliphatic hydroxyl groups is 1. The van der Waals surface area contributed by atoms with Gasteiger partial charge in [-0.3, -0.25) is 4.90 Å². The summed E-state index contributed by atoms with van der Waals surface area (Å²) in [5.41, 5.74) is 5.41. The summed E-state index contributed by atoms with van der Waals surface area (Å²) in [6.45, 7) is 16.3. The summed E-state index contributed by atoms with van der Waals surface area (Å²) < 4.78 is 0. The molecule has 2 aromatic rings. The Morgan fingerprint density at radius 2 is 1.82 bits per heavy atom. The van der Waals surface area contributed by atoms with E-state index in [4.69, 9.17) is 10.1 Å². The van der Waals surface area contributed by atoms with Gasteiger partial charge in [0.05, 0.1) is 12.3 Å². The van der Waals surface area contributed by atoms with E-state index in [2.05, 4.69) is 79.2 Å². The second-order valence-corrected chi connectivity index (χ2v) is 9.90. The first kappa shape index (κ1) is 25.7. The van der Waals surface area contributed by atoms with Gasteiger partial charge in [-0.05, 0) is 47.6 Å². The first-order valence-electron chi connectivity index (χ1n) is 12.9. The van der Waals surface area contributed by atoms with E-state index in [0.29, 0.717) is 6.54 Å². The molecule has 0 bridgehead atoms. The Kier molecular flexibility index (Phi) is 9.72. The number of aryl methyl sites for hydroxylation is 1. The molecule has 3 rings (SSSR count). The van der Waals surface area contributed by atoms with E-state index in [1.54, 1.807) is 0 Å². The number of nitrogens with zero attached hydrogens (tertiary/aromatic N) is 3.